The highest BCUT2D eigenvalue weighted by Gasteiger charge is 2.14. The first-order chi connectivity index (χ1) is 7.90. The topological polar surface area (TPSA) is 81.9 Å². The summed E-state index contributed by atoms with van der Waals surface area (Å²) in [4.78, 5) is 2.14. The minimum Gasteiger partial charge on any atom is -0.383 e. The molecule has 0 aliphatic carbocycles. The monoisotopic (exact) mass is 268 g/mol. The highest BCUT2D eigenvalue weighted by molar-refractivity contribution is 7.89. The largest absolute Gasteiger partial charge is 0.383 e. The van der Waals surface area contributed by atoms with Gasteiger partial charge in [-0.1, -0.05) is 0 Å². The lowest BCUT2D eigenvalue weighted by molar-refractivity contribution is 0.0753. The molecule has 0 bridgehead atoms. The van der Waals surface area contributed by atoms with Crippen LogP contribution in [0.15, 0.2) is 0 Å². The summed E-state index contributed by atoms with van der Waals surface area (Å²) in [5.41, 5.74) is 0. The maximum absolute atomic E-state index is 10.8. The van der Waals surface area contributed by atoms with Crippen LogP contribution < -0.4 is 5.14 Å². The van der Waals surface area contributed by atoms with Gasteiger partial charge in [-0.25, -0.2) is 13.6 Å². The molecule has 0 saturated carbocycles. The summed E-state index contributed by atoms with van der Waals surface area (Å²) in [6.07, 6.45) is 0.524. The molecule has 0 heterocycles. The zero-order chi connectivity index (χ0) is 13.3. The van der Waals surface area contributed by atoms with E-state index in [0.717, 1.165) is 6.54 Å². The van der Waals surface area contributed by atoms with Crippen LogP contribution >= 0.6 is 0 Å². The number of nitrogens with two attached hydrogens (primary N) is 1. The molecule has 1 unspecified atom stereocenters. The molecule has 1 atom stereocenters. The van der Waals surface area contributed by atoms with E-state index >= 15 is 0 Å². The average molecular weight is 268 g/mol. The van der Waals surface area contributed by atoms with Crippen molar-refractivity contribution in [2.24, 2.45) is 5.14 Å². The Kier molecular flexibility index (Phi) is 8.71. The second-order valence-electron chi connectivity index (χ2n) is 4.05. The van der Waals surface area contributed by atoms with Gasteiger partial charge >= 0.3 is 0 Å². The molecular weight excluding hydrogens is 244 g/mol. The Balaban J connectivity index is 4.09. The van der Waals surface area contributed by atoms with Gasteiger partial charge in [0.2, 0.25) is 10.0 Å². The third-order valence-corrected chi connectivity index (χ3v) is 3.35. The van der Waals surface area contributed by atoms with E-state index in [0.29, 0.717) is 26.2 Å². The Labute approximate surface area is 104 Å². The smallest absolute Gasteiger partial charge is 0.209 e. The van der Waals surface area contributed by atoms with E-state index < -0.39 is 10.0 Å². The lowest BCUT2D eigenvalue weighted by atomic mass is 10.2. The SMILES string of the molecule is COCCN(CCCS(N)(=O)=O)C(C)COC. The number of rotatable bonds is 10. The van der Waals surface area contributed by atoms with Crippen LogP contribution in [-0.2, 0) is 19.5 Å². The lowest BCUT2D eigenvalue weighted by Gasteiger charge is -2.28. The van der Waals surface area contributed by atoms with Crippen molar-refractivity contribution < 1.29 is 17.9 Å². The van der Waals surface area contributed by atoms with Crippen LogP contribution in [-0.4, -0.2) is 65.6 Å². The van der Waals surface area contributed by atoms with Crippen molar-refractivity contribution in [2.75, 3.05) is 46.3 Å². The molecule has 0 radical (unpaired) electrons. The van der Waals surface area contributed by atoms with Gasteiger partial charge in [0.05, 0.1) is 19.0 Å². The van der Waals surface area contributed by atoms with Crippen molar-refractivity contribution >= 4 is 10.0 Å². The Hall–Kier alpha value is -0.210. The van der Waals surface area contributed by atoms with Gasteiger partial charge in [-0.05, 0) is 19.9 Å². The van der Waals surface area contributed by atoms with Crippen molar-refractivity contribution in [2.45, 2.75) is 19.4 Å². The van der Waals surface area contributed by atoms with E-state index in [1.54, 1.807) is 14.2 Å². The summed E-state index contributed by atoms with van der Waals surface area (Å²) in [6, 6.07) is 0.232. The summed E-state index contributed by atoms with van der Waals surface area (Å²) in [5, 5.41) is 4.96. The lowest BCUT2D eigenvalue weighted by Crippen LogP contribution is -2.39. The molecule has 7 heteroatoms. The third kappa shape index (κ3) is 9.49. The summed E-state index contributed by atoms with van der Waals surface area (Å²) < 4.78 is 31.8. The van der Waals surface area contributed by atoms with Gasteiger partial charge in [0.25, 0.3) is 0 Å². The summed E-state index contributed by atoms with van der Waals surface area (Å²) in [6.45, 7) is 4.69. The second-order valence-corrected chi connectivity index (χ2v) is 5.79. The van der Waals surface area contributed by atoms with E-state index in [4.69, 9.17) is 14.6 Å². The van der Waals surface area contributed by atoms with Crippen LogP contribution in [0.4, 0.5) is 0 Å². The number of ether oxygens (including phenoxy) is 2. The fourth-order valence-corrected chi connectivity index (χ4v) is 2.11. The first kappa shape index (κ1) is 16.8. The second kappa shape index (κ2) is 8.82. The van der Waals surface area contributed by atoms with E-state index in [2.05, 4.69) is 4.90 Å². The minimum absolute atomic E-state index is 0.0101. The van der Waals surface area contributed by atoms with Crippen molar-refractivity contribution in [1.29, 1.82) is 0 Å². The molecule has 6 nitrogen and oxygen atoms in total. The van der Waals surface area contributed by atoms with Crippen LogP contribution in [0.25, 0.3) is 0 Å². The van der Waals surface area contributed by atoms with E-state index in [-0.39, 0.29) is 11.8 Å². The molecule has 0 spiro atoms. The standard InChI is InChI=1S/C10H24N2O4S/c1-10(9-16-3)12(6-7-15-2)5-4-8-17(11,13)14/h10H,4-9H2,1-3H3,(H2,11,13,14). The molecule has 17 heavy (non-hydrogen) atoms. The number of primary sulfonamides is 1. The summed E-state index contributed by atoms with van der Waals surface area (Å²) in [5.74, 6) is 0.0101. The number of hydrogen-bond donors (Lipinski definition) is 1. The van der Waals surface area contributed by atoms with Gasteiger partial charge in [0.1, 0.15) is 0 Å². The Morgan fingerprint density at radius 2 is 1.88 bits per heavy atom. The van der Waals surface area contributed by atoms with Gasteiger partial charge in [0, 0.05) is 26.8 Å². The highest BCUT2D eigenvalue weighted by Crippen LogP contribution is 2.02. The van der Waals surface area contributed by atoms with Crippen molar-refractivity contribution in [3.05, 3.63) is 0 Å². The maximum atomic E-state index is 10.8. The Morgan fingerprint density at radius 1 is 1.24 bits per heavy atom. The summed E-state index contributed by atoms with van der Waals surface area (Å²) in [7, 11) is -0.0769. The minimum atomic E-state index is -3.37. The van der Waals surface area contributed by atoms with Crippen LogP contribution in [0.1, 0.15) is 13.3 Å². The van der Waals surface area contributed by atoms with Crippen molar-refractivity contribution in [3.8, 4) is 0 Å². The quantitative estimate of drug-likeness (QED) is 0.585. The van der Waals surface area contributed by atoms with Crippen molar-refractivity contribution in [1.82, 2.24) is 4.90 Å². The average Bonchev–Trinajstić information content (AvgIpc) is 2.21. The zero-order valence-electron chi connectivity index (χ0n) is 10.9. The molecule has 0 aromatic heterocycles. The Bertz CT molecular complexity index is 282. The van der Waals surface area contributed by atoms with Gasteiger partial charge in [0.15, 0.2) is 0 Å². The number of sulfonamides is 1. The Morgan fingerprint density at radius 3 is 2.35 bits per heavy atom. The molecular formula is C10H24N2O4S. The molecule has 0 aromatic carbocycles. The predicted octanol–water partition coefficient (Wildman–Crippen LogP) is -0.352. The first-order valence-corrected chi connectivity index (χ1v) is 7.34. The normalized spacial score (nSPS) is 14.2. The highest BCUT2D eigenvalue weighted by atomic mass is 32.2. The number of methoxy groups -OCH3 is 2. The first-order valence-electron chi connectivity index (χ1n) is 5.63. The van der Waals surface area contributed by atoms with Crippen LogP contribution in [0.3, 0.4) is 0 Å². The van der Waals surface area contributed by atoms with Crippen LogP contribution in [0.5, 0.6) is 0 Å². The van der Waals surface area contributed by atoms with E-state index in [9.17, 15) is 8.42 Å². The summed E-state index contributed by atoms with van der Waals surface area (Å²) >= 11 is 0. The molecule has 0 amide bonds. The fraction of sp³-hybridized carbons (Fsp3) is 1.00. The predicted molar refractivity (Wildman–Crippen MR) is 67.4 cm³/mol. The molecule has 2 N–H and O–H groups in total. The zero-order valence-corrected chi connectivity index (χ0v) is 11.7. The molecule has 104 valence electrons. The molecule has 0 aliphatic rings. The van der Waals surface area contributed by atoms with Gasteiger partial charge in [-0.3, -0.25) is 4.90 Å². The maximum Gasteiger partial charge on any atom is 0.209 e. The number of nitrogens with zero attached hydrogens (tertiary/aromatic N) is 1. The van der Waals surface area contributed by atoms with Crippen LogP contribution in [0, 0.1) is 0 Å². The van der Waals surface area contributed by atoms with Crippen molar-refractivity contribution in [3.63, 3.8) is 0 Å². The number of hydrogen-bond acceptors (Lipinski definition) is 5. The van der Waals surface area contributed by atoms with E-state index in [1.165, 1.54) is 0 Å². The molecule has 0 aliphatic heterocycles. The van der Waals surface area contributed by atoms with E-state index in [1.807, 2.05) is 6.92 Å². The third-order valence-electron chi connectivity index (χ3n) is 2.49. The molecule has 0 fully saturated rings. The molecule has 0 aromatic rings. The van der Waals surface area contributed by atoms with Crippen LogP contribution in [0.2, 0.25) is 0 Å². The molecule has 0 rings (SSSR count). The van der Waals surface area contributed by atoms with Gasteiger partial charge < -0.3 is 9.47 Å². The van der Waals surface area contributed by atoms with Gasteiger partial charge in [-0.2, -0.15) is 0 Å². The molecule has 0 saturated heterocycles. The fourth-order valence-electron chi connectivity index (χ4n) is 1.58. The van der Waals surface area contributed by atoms with Gasteiger partial charge in [-0.15, -0.1) is 0 Å².